The number of amides is 1. The van der Waals surface area contributed by atoms with Crippen molar-refractivity contribution in [2.24, 2.45) is 0 Å². The van der Waals surface area contributed by atoms with Crippen molar-refractivity contribution >= 4 is 16.7 Å². The van der Waals surface area contributed by atoms with Crippen molar-refractivity contribution in [1.29, 1.82) is 0 Å². The summed E-state index contributed by atoms with van der Waals surface area (Å²) in [5.74, 6) is 0.831. The molecule has 0 fully saturated rings. The van der Waals surface area contributed by atoms with Crippen molar-refractivity contribution in [1.82, 2.24) is 9.88 Å². The fourth-order valence-corrected chi connectivity index (χ4v) is 2.63. The van der Waals surface area contributed by atoms with Gasteiger partial charge in [0.05, 0.1) is 7.11 Å². The fourth-order valence-electron chi connectivity index (χ4n) is 2.63. The Balaban J connectivity index is 1.72. The maximum absolute atomic E-state index is 12.6. The van der Waals surface area contributed by atoms with Crippen LogP contribution in [-0.2, 0) is 6.42 Å². The summed E-state index contributed by atoms with van der Waals surface area (Å²) in [5.41, 5.74) is 1.68. The molecule has 4 heteroatoms. The number of ether oxygens (including phenoxy) is 1. The number of hydrogen-bond donors (Lipinski definition) is 0. The van der Waals surface area contributed by atoms with E-state index in [0.29, 0.717) is 12.1 Å². The molecule has 1 aromatic heterocycles. The van der Waals surface area contributed by atoms with Gasteiger partial charge in [0.15, 0.2) is 0 Å². The molecule has 0 aliphatic heterocycles. The molecule has 1 amide bonds. The fraction of sp³-hybridized carbons (Fsp3) is 0.200. The average Bonchev–Trinajstić information content (AvgIpc) is 2.65. The molecule has 0 saturated heterocycles. The normalized spacial score (nSPS) is 10.6. The van der Waals surface area contributed by atoms with Crippen LogP contribution in [0.2, 0.25) is 0 Å². The van der Waals surface area contributed by atoms with Crippen LogP contribution in [0.25, 0.3) is 10.8 Å². The van der Waals surface area contributed by atoms with Gasteiger partial charge in [-0.3, -0.25) is 9.78 Å². The minimum atomic E-state index is 0.0173. The van der Waals surface area contributed by atoms with Gasteiger partial charge in [-0.1, -0.05) is 18.2 Å². The van der Waals surface area contributed by atoms with Gasteiger partial charge in [-0.25, -0.2) is 0 Å². The van der Waals surface area contributed by atoms with E-state index in [2.05, 4.69) is 4.98 Å². The molecule has 0 bridgehead atoms. The van der Waals surface area contributed by atoms with E-state index in [1.807, 2.05) is 61.6 Å². The summed E-state index contributed by atoms with van der Waals surface area (Å²) in [7, 11) is 3.47. The van der Waals surface area contributed by atoms with Gasteiger partial charge in [-0.05, 0) is 47.2 Å². The summed E-state index contributed by atoms with van der Waals surface area (Å²) in [6, 6.07) is 17.4. The molecule has 0 unspecified atom stereocenters. The Hall–Kier alpha value is -2.88. The summed E-state index contributed by atoms with van der Waals surface area (Å²) >= 11 is 0. The highest BCUT2D eigenvalue weighted by Gasteiger charge is 2.12. The lowest BCUT2D eigenvalue weighted by Gasteiger charge is -2.17. The number of rotatable bonds is 5. The second kappa shape index (κ2) is 7.13. The second-order valence-electron chi connectivity index (χ2n) is 5.73. The smallest absolute Gasteiger partial charge is 0.253 e. The molecule has 0 saturated carbocycles. The zero-order valence-electron chi connectivity index (χ0n) is 13.9. The van der Waals surface area contributed by atoms with E-state index in [9.17, 15) is 4.79 Å². The van der Waals surface area contributed by atoms with Crippen molar-refractivity contribution in [2.75, 3.05) is 20.7 Å². The predicted molar refractivity (Wildman–Crippen MR) is 95.4 cm³/mol. The predicted octanol–water partition coefficient (Wildman–Crippen LogP) is 3.56. The zero-order chi connectivity index (χ0) is 16.9. The number of fused-ring (bicyclic) bond motifs is 1. The first-order valence-electron chi connectivity index (χ1n) is 7.90. The molecule has 0 atom stereocenters. The lowest BCUT2D eigenvalue weighted by Crippen LogP contribution is -2.28. The number of benzene rings is 2. The molecule has 3 aromatic rings. The standard InChI is InChI=1S/C20H20N2O2/c1-22(12-10-18-5-3-4-11-21-18)20(23)17-7-6-16-14-19(24-2)9-8-15(16)13-17/h3-9,11,13-14H,10,12H2,1-2H3. The molecule has 3 rings (SSSR count). The van der Waals surface area contributed by atoms with Gasteiger partial charge < -0.3 is 9.64 Å². The average molecular weight is 320 g/mol. The quantitative estimate of drug-likeness (QED) is 0.722. The molecule has 0 N–H and O–H groups in total. The van der Waals surface area contributed by atoms with Gasteiger partial charge in [0.1, 0.15) is 5.75 Å². The topological polar surface area (TPSA) is 42.4 Å². The number of likely N-dealkylation sites (N-methyl/N-ethyl adjacent to an activating group) is 1. The third kappa shape index (κ3) is 3.54. The molecule has 1 heterocycles. The molecule has 4 nitrogen and oxygen atoms in total. The molecule has 0 aliphatic rings. The van der Waals surface area contributed by atoms with E-state index in [1.54, 1.807) is 18.2 Å². The highest BCUT2D eigenvalue weighted by molar-refractivity contribution is 5.98. The summed E-state index contributed by atoms with van der Waals surface area (Å²) in [6.07, 6.45) is 2.52. The van der Waals surface area contributed by atoms with E-state index in [0.717, 1.165) is 28.6 Å². The van der Waals surface area contributed by atoms with E-state index < -0.39 is 0 Å². The van der Waals surface area contributed by atoms with E-state index in [1.165, 1.54) is 0 Å². The van der Waals surface area contributed by atoms with Crippen LogP contribution in [0.4, 0.5) is 0 Å². The van der Waals surface area contributed by atoms with Crippen molar-refractivity contribution < 1.29 is 9.53 Å². The Labute approximate surface area is 141 Å². The molecule has 24 heavy (non-hydrogen) atoms. The van der Waals surface area contributed by atoms with Gasteiger partial charge in [0.2, 0.25) is 0 Å². The first-order chi connectivity index (χ1) is 11.7. The van der Waals surface area contributed by atoms with Crippen LogP contribution < -0.4 is 4.74 Å². The first-order valence-corrected chi connectivity index (χ1v) is 7.90. The molecular weight excluding hydrogens is 300 g/mol. The molecule has 0 radical (unpaired) electrons. The van der Waals surface area contributed by atoms with Crippen LogP contribution >= 0.6 is 0 Å². The van der Waals surface area contributed by atoms with Crippen molar-refractivity contribution in [3.8, 4) is 5.75 Å². The van der Waals surface area contributed by atoms with Gasteiger partial charge in [0.25, 0.3) is 5.91 Å². The van der Waals surface area contributed by atoms with Crippen molar-refractivity contribution in [3.63, 3.8) is 0 Å². The Bertz CT molecular complexity index is 847. The zero-order valence-corrected chi connectivity index (χ0v) is 13.9. The third-order valence-corrected chi connectivity index (χ3v) is 4.07. The number of hydrogen-bond acceptors (Lipinski definition) is 3. The highest BCUT2D eigenvalue weighted by atomic mass is 16.5. The van der Waals surface area contributed by atoms with Gasteiger partial charge in [0, 0.05) is 37.5 Å². The van der Waals surface area contributed by atoms with Crippen LogP contribution in [-0.4, -0.2) is 36.5 Å². The van der Waals surface area contributed by atoms with Crippen LogP contribution in [0.15, 0.2) is 60.8 Å². The molecule has 0 spiro atoms. The van der Waals surface area contributed by atoms with Crippen molar-refractivity contribution in [3.05, 3.63) is 72.1 Å². The number of aromatic nitrogens is 1. The Kier molecular flexibility index (Phi) is 4.75. The highest BCUT2D eigenvalue weighted by Crippen LogP contribution is 2.22. The Morgan fingerprint density at radius 1 is 1.08 bits per heavy atom. The van der Waals surface area contributed by atoms with Gasteiger partial charge in [-0.2, -0.15) is 0 Å². The molecule has 0 aliphatic carbocycles. The molecule has 122 valence electrons. The molecular formula is C20H20N2O2. The second-order valence-corrected chi connectivity index (χ2v) is 5.73. The number of carbonyl (C=O) groups excluding carboxylic acids is 1. The number of nitrogens with zero attached hydrogens (tertiary/aromatic N) is 2. The van der Waals surface area contributed by atoms with Crippen LogP contribution in [0, 0.1) is 0 Å². The van der Waals surface area contributed by atoms with Crippen LogP contribution in [0.1, 0.15) is 16.1 Å². The SMILES string of the molecule is COc1ccc2cc(C(=O)N(C)CCc3ccccn3)ccc2c1. The maximum atomic E-state index is 12.6. The third-order valence-electron chi connectivity index (χ3n) is 4.07. The monoisotopic (exact) mass is 320 g/mol. The number of carbonyl (C=O) groups is 1. The van der Waals surface area contributed by atoms with Crippen LogP contribution in [0.3, 0.4) is 0 Å². The van der Waals surface area contributed by atoms with Gasteiger partial charge in [-0.15, -0.1) is 0 Å². The Morgan fingerprint density at radius 3 is 2.62 bits per heavy atom. The minimum absolute atomic E-state index is 0.0173. The van der Waals surface area contributed by atoms with E-state index >= 15 is 0 Å². The van der Waals surface area contributed by atoms with E-state index in [-0.39, 0.29) is 5.91 Å². The largest absolute Gasteiger partial charge is 0.497 e. The lowest BCUT2D eigenvalue weighted by molar-refractivity contribution is 0.0796. The minimum Gasteiger partial charge on any atom is -0.497 e. The summed E-state index contributed by atoms with van der Waals surface area (Å²) < 4.78 is 5.23. The summed E-state index contributed by atoms with van der Waals surface area (Å²) in [5, 5.41) is 2.09. The van der Waals surface area contributed by atoms with Crippen molar-refractivity contribution in [2.45, 2.75) is 6.42 Å². The Morgan fingerprint density at radius 2 is 1.88 bits per heavy atom. The molecule has 2 aromatic carbocycles. The first kappa shape index (κ1) is 16.0. The van der Waals surface area contributed by atoms with E-state index in [4.69, 9.17) is 4.74 Å². The maximum Gasteiger partial charge on any atom is 0.253 e. The number of methoxy groups -OCH3 is 1. The summed E-state index contributed by atoms with van der Waals surface area (Å²) in [4.78, 5) is 18.6. The van der Waals surface area contributed by atoms with Crippen LogP contribution in [0.5, 0.6) is 5.75 Å². The lowest BCUT2D eigenvalue weighted by atomic mass is 10.1. The van der Waals surface area contributed by atoms with Gasteiger partial charge >= 0.3 is 0 Å². The summed E-state index contributed by atoms with van der Waals surface area (Å²) in [6.45, 7) is 0.635. The number of pyridine rings is 1.